The first-order valence-electron chi connectivity index (χ1n) is 7.60. The van der Waals surface area contributed by atoms with Crippen LogP contribution in [0.5, 0.6) is 0 Å². The van der Waals surface area contributed by atoms with Crippen molar-refractivity contribution in [3.05, 3.63) is 0 Å². The quantitative estimate of drug-likeness (QED) is 0.669. The zero-order valence-corrected chi connectivity index (χ0v) is 13.0. The third kappa shape index (κ3) is 4.15. The molecular formula is C14H26N4O3. The zero-order valence-electron chi connectivity index (χ0n) is 13.0. The van der Waals surface area contributed by atoms with E-state index in [0.717, 1.165) is 13.1 Å². The molecule has 2 saturated heterocycles. The molecule has 0 aromatic carbocycles. The molecule has 1 unspecified atom stereocenters. The molecule has 0 aromatic heterocycles. The van der Waals surface area contributed by atoms with Gasteiger partial charge in [-0.1, -0.05) is 0 Å². The molecule has 0 aromatic rings. The van der Waals surface area contributed by atoms with Gasteiger partial charge in [-0.2, -0.15) is 0 Å². The fourth-order valence-electron chi connectivity index (χ4n) is 2.92. The predicted molar refractivity (Wildman–Crippen MR) is 78.8 cm³/mol. The Bertz CT molecular complexity index is 390. The van der Waals surface area contributed by atoms with Gasteiger partial charge in [0.15, 0.2) is 0 Å². The number of likely N-dealkylation sites (N-methyl/N-ethyl adjacent to an activating group) is 1. The topological polar surface area (TPSA) is 67.3 Å². The standard InChI is InChI=1S/C14H26N4O3/c1-12-9-18(6-5-17(12)7-8-19)14(21)11-16-4-3-15(2)13(20)10-16/h12,19H,3-11H2,1-2H3. The molecule has 2 heterocycles. The third-order valence-corrected chi connectivity index (χ3v) is 4.40. The molecule has 120 valence electrons. The Kier molecular flexibility index (Phi) is 5.55. The maximum Gasteiger partial charge on any atom is 0.236 e. The molecule has 2 fully saturated rings. The summed E-state index contributed by atoms with van der Waals surface area (Å²) >= 11 is 0. The molecule has 0 aliphatic carbocycles. The first-order valence-corrected chi connectivity index (χ1v) is 7.60. The van der Waals surface area contributed by atoms with Gasteiger partial charge < -0.3 is 14.9 Å². The SMILES string of the molecule is CC1CN(C(=O)CN2CCN(C)C(=O)C2)CCN1CCO. The van der Waals surface area contributed by atoms with Gasteiger partial charge in [-0.15, -0.1) is 0 Å². The molecule has 2 aliphatic heterocycles. The van der Waals surface area contributed by atoms with Crippen LogP contribution in [-0.4, -0.2) is 109 Å². The van der Waals surface area contributed by atoms with Gasteiger partial charge in [0.25, 0.3) is 0 Å². The number of carbonyl (C=O) groups is 2. The Morgan fingerprint density at radius 3 is 2.67 bits per heavy atom. The molecule has 1 N–H and O–H groups in total. The number of aliphatic hydroxyl groups is 1. The van der Waals surface area contributed by atoms with E-state index in [4.69, 9.17) is 5.11 Å². The van der Waals surface area contributed by atoms with Crippen molar-refractivity contribution in [2.75, 3.05) is 66.0 Å². The summed E-state index contributed by atoms with van der Waals surface area (Å²) in [5, 5.41) is 9.01. The first kappa shape index (κ1) is 16.2. The molecule has 7 heteroatoms. The number of piperazine rings is 2. The number of amides is 2. The maximum absolute atomic E-state index is 12.4. The average molecular weight is 298 g/mol. The van der Waals surface area contributed by atoms with Crippen molar-refractivity contribution in [3.8, 4) is 0 Å². The van der Waals surface area contributed by atoms with E-state index in [9.17, 15) is 9.59 Å². The van der Waals surface area contributed by atoms with Crippen LogP contribution in [0.15, 0.2) is 0 Å². The van der Waals surface area contributed by atoms with Crippen molar-refractivity contribution in [1.82, 2.24) is 19.6 Å². The fraction of sp³-hybridized carbons (Fsp3) is 0.857. The average Bonchev–Trinajstić information content (AvgIpc) is 2.45. The van der Waals surface area contributed by atoms with Gasteiger partial charge in [0.05, 0.1) is 19.7 Å². The first-order chi connectivity index (χ1) is 10.0. The maximum atomic E-state index is 12.4. The molecule has 0 radical (unpaired) electrons. The minimum absolute atomic E-state index is 0.0789. The molecule has 2 rings (SSSR count). The summed E-state index contributed by atoms with van der Waals surface area (Å²) in [5.74, 6) is 0.179. The van der Waals surface area contributed by atoms with Crippen molar-refractivity contribution >= 4 is 11.8 Å². The highest BCUT2D eigenvalue weighted by Gasteiger charge is 2.29. The lowest BCUT2D eigenvalue weighted by Gasteiger charge is -2.40. The Balaban J connectivity index is 1.80. The van der Waals surface area contributed by atoms with E-state index in [2.05, 4.69) is 11.8 Å². The van der Waals surface area contributed by atoms with E-state index < -0.39 is 0 Å². The van der Waals surface area contributed by atoms with Crippen molar-refractivity contribution in [2.45, 2.75) is 13.0 Å². The largest absolute Gasteiger partial charge is 0.395 e. The second kappa shape index (κ2) is 7.20. The Labute approximate surface area is 126 Å². The summed E-state index contributed by atoms with van der Waals surface area (Å²) in [6.45, 7) is 7.20. The number of carbonyl (C=O) groups excluding carboxylic acids is 2. The van der Waals surface area contributed by atoms with Crippen LogP contribution >= 0.6 is 0 Å². The molecule has 0 bridgehead atoms. The van der Waals surface area contributed by atoms with Gasteiger partial charge in [0.2, 0.25) is 11.8 Å². The van der Waals surface area contributed by atoms with Crippen LogP contribution in [0.3, 0.4) is 0 Å². The Morgan fingerprint density at radius 2 is 2.05 bits per heavy atom. The van der Waals surface area contributed by atoms with Crippen LogP contribution in [0.25, 0.3) is 0 Å². The van der Waals surface area contributed by atoms with E-state index in [1.807, 2.05) is 9.80 Å². The van der Waals surface area contributed by atoms with Gasteiger partial charge in [0.1, 0.15) is 0 Å². The van der Waals surface area contributed by atoms with E-state index in [1.165, 1.54) is 0 Å². The van der Waals surface area contributed by atoms with Crippen molar-refractivity contribution in [2.24, 2.45) is 0 Å². The van der Waals surface area contributed by atoms with Crippen molar-refractivity contribution in [3.63, 3.8) is 0 Å². The minimum atomic E-state index is 0.0789. The van der Waals surface area contributed by atoms with Gasteiger partial charge in [-0.3, -0.25) is 19.4 Å². The normalized spacial score (nSPS) is 25.5. The fourth-order valence-corrected chi connectivity index (χ4v) is 2.92. The lowest BCUT2D eigenvalue weighted by atomic mass is 10.2. The highest BCUT2D eigenvalue weighted by atomic mass is 16.3. The summed E-state index contributed by atoms with van der Waals surface area (Å²) in [6, 6.07) is 0.268. The Morgan fingerprint density at radius 1 is 1.29 bits per heavy atom. The summed E-state index contributed by atoms with van der Waals surface area (Å²) in [5.41, 5.74) is 0. The third-order valence-electron chi connectivity index (χ3n) is 4.40. The van der Waals surface area contributed by atoms with E-state index in [1.54, 1.807) is 11.9 Å². The Hall–Kier alpha value is -1.18. The molecule has 21 heavy (non-hydrogen) atoms. The summed E-state index contributed by atoms with van der Waals surface area (Å²) < 4.78 is 0. The van der Waals surface area contributed by atoms with Crippen LogP contribution in [0.2, 0.25) is 0 Å². The monoisotopic (exact) mass is 298 g/mol. The molecule has 2 amide bonds. The molecule has 1 atom stereocenters. The van der Waals surface area contributed by atoms with Gasteiger partial charge >= 0.3 is 0 Å². The van der Waals surface area contributed by atoms with Crippen molar-refractivity contribution in [1.29, 1.82) is 0 Å². The van der Waals surface area contributed by atoms with Gasteiger partial charge in [0, 0.05) is 52.4 Å². The lowest BCUT2D eigenvalue weighted by molar-refractivity contribution is -0.139. The van der Waals surface area contributed by atoms with Gasteiger partial charge in [-0.25, -0.2) is 0 Å². The van der Waals surface area contributed by atoms with Crippen LogP contribution in [0.4, 0.5) is 0 Å². The van der Waals surface area contributed by atoms with Crippen LogP contribution < -0.4 is 0 Å². The van der Waals surface area contributed by atoms with Crippen LogP contribution in [0.1, 0.15) is 6.92 Å². The predicted octanol–water partition coefficient (Wildman–Crippen LogP) is -1.71. The number of nitrogens with zero attached hydrogens (tertiary/aromatic N) is 4. The number of aliphatic hydroxyl groups excluding tert-OH is 1. The molecule has 0 spiro atoms. The van der Waals surface area contributed by atoms with Crippen LogP contribution in [0, 0.1) is 0 Å². The number of hydrogen-bond donors (Lipinski definition) is 1. The summed E-state index contributed by atoms with van der Waals surface area (Å²) in [6.07, 6.45) is 0. The molecule has 0 saturated carbocycles. The molecule has 2 aliphatic rings. The van der Waals surface area contributed by atoms with Crippen LogP contribution in [-0.2, 0) is 9.59 Å². The number of β-amino-alcohol motifs (C(OH)–C–C–N with tert-alkyl or cyclic N) is 1. The van der Waals surface area contributed by atoms with Crippen molar-refractivity contribution < 1.29 is 14.7 Å². The smallest absolute Gasteiger partial charge is 0.236 e. The summed E-state index contributed by atoms with van der Waals surface area (Å²) in [7, 11) is 1.80. The highest BCUT2D eigenvalue weighted by molar-refractivity contribution is 5.82. The molecular weight excluding hydrogens is 272 g/mol. The van der Waals surface area contributed by atoms with Gasteiger partial charge in [-0.05, 0) is 6.92 Å². The van der Waals surface area contributed by atoms with E-state index >= 15 is 0 Å². The zero-order chi connectivity index (χ0) is 15.4. The summed E-state index contributed by atoms with van der Waals surface area (Å²) in [4.78, 5) is 31.7. The number of hydrogen-bond acceptors (Lipinski definition) is 5. The minimum Gasteiger partial charge on any atom is -0.395 e. The number of rotatable bonds is 4. The second-order valence-corrected chi connectivity index (χ2v) is 5.97. The molecule has 7 nitrogen and oxygen atoms in total. The van der Waals surface area contributed by atoms with E-state index in [-0.39, 0.29) is 24.5 Å². The highest BCUT2D eigenvalue weighted by Crippen LogP contribution is 2.10. The van der Waals surface area contributed by atoms with E-state index in [0.29, 0.717) is 39.3 Å². The second-order valence-electron chi connectivity index (χ2n) is 5.97. The lowest BCUT2D eigenvalue weighted by Crippen LogP contribution is -2.57.